The van der Waals surface area contributed by atoms with Gasteiger partial charge in [0.2, 0.25) is 5.89 Å². The molecule has 5 rings (SSSR count). The molecular formula is C23H26N6O2. The highest BCUT2D eigenvalue weighted by Crippen LogP contribution is 2.20. The minimum atomic E-state index is -0.135. The highest BCUT2D eigenvalue weighted by molar-refractivity contribution is 5.65. The molecule has 0 aliphatic carbocycles. The molecule has 1 aliphatic heterocycles. The fourth-order valence-electron chi connectivity index (χ4n) is 4.15. The van der Waals surface area contributed by atoms with Gasteiger partial charge in [-0.1, -0.05) is 41.4 Å². The molecule has 0 spiro atoms. The van der Waals surface area contributed by atoms with Crippen LogP contribution in [0, 0.1) is 6.92 Å². The maximum atomic E-state index is 13.0. The van der Waals surface area contributed by atoms with Crippen molar-refractivity contribution in [2.75, 3.05) is 6.54 Å². The third-order valence-electron chi connectivity index (χ3n) is 6.05. The molecule has 1 saturated heterocycles. The first-order chi connectivity index (χ1) is 15.1. The van der Waals surface area contributed by atoms with Crippen LogP contribution >= 0.6 is 0 Å². The molecule has 4 heterocycles. The summed E-state index contributed by atoms with van der Waals surface area (Å²) in [4.78, 5) is 19.9. The molecule has 31 heavy (non-hydrogen) atoms. The highest BCUT2D eigenvalue weighted by atomic mass is 16.5. The minimum absolute atomic E-state index is 0.135. The van der Waals surface area contributed by atoms with Crippen molar-refractivity contribution in [1.29, 1.82) is 0 Å². The van der Waals surface area contributed by atoms with Crippen LogP contribution in [-0.2, 0) is 13.1 Å². The maximum Gasteiger partial charge on any atom is 0.277 e. The van der Waals surface area contributed by atoms with Crippen LogP contribution in [0.2, 0.25) is 0 Å². The lowest BCUT2D eigenvalue weighted by molar-refractivity contribution is 0.135. The number of piperidine rings is 1. The molecule has 1 aliphatic rings. The van der Waals surface area contributed by atoms with E-state index in [2.05, 4.69) is 27.1 Å². The van der Waals surface area contributed by atoms with E-state index in [-0.39, 0.29) is 12.1 Å². The quantitative estimate of drug-likeness (QED) is 0.495. The van der Waals surface area contributed by atoms with Crippen LogP contribution in [0.15, 0.2) is 52.0 Å². The molecule has 160 valence electrons. The largest absolute Gasteiger partial charge is 0.338 e. The first-order valence-corrected chi connectivity index (χ1v) is 10.8. The lowest BCUT2D eigenvalue weighted by Crippen LogP contribution is -2.36. The second-order valence-corrected chi connectivity index (χ2v) is 8.38. The minimum Gasteiger partial charge on any atom is -0.338 e. The summed E-state index contributed by atoms with van der Waals surface area (Å²) in [6, 6.07) is 10.5. The summed E-state index contributed by atoms with van der Waals surface area (Å²) in [6.07, 6.45) is 7.18. The number of aryl methyl sites for hydroxylation is 1. The van der Waals surface area contributed by atoms with Gasteiger partial charge in [-0.25, -0.2) is 4.52 Å². The molecule has 8 nitrogen and oxygen atoms in total. The van der Waals surface area contributed by atoms with Crippen LogP contribution in [-0.4, -0.2) is 41.8 Å². The highest BCUT2D eigenvalue weighted by Gasteiger charge is 2.21. The summed E-state index contributed by atoms with van der Waals surface area (Å²) in [5, 5.41) is 8.64. The average molecular weight is 419 g/mol. The van der Waals surface area contributed by atoms with Crippen LogP contribution in [0.4, 0.5) is 0 Å². The van der Waals surface area contributed by atoms with E-state index in [0.29, 0.717) is 29.8 Å². The fraction of sp³-hybridized carbons (Fsp3) is 0.391. The predicted octanol–water partition coefficient (Wildman–Crippen LogP) is 3.28. The van der Waals surface area contributed by atoms with Gasteiger partial charge in [0.1, 0.15) is 5.52 Å². The fourth-order valence-corrected chi connectivity index (χ4v) is 4.15. The van der Waals surface area contributed by atoms with Crippen molar-refractivity contribution in [3.05, 3.63) is 70.4 Å². The van der Waals surface area contributed by atoms with Crippen LogP contribution in [0.3, 0.4) is 0 Å². The predicted molar refractivity (Wildman–Crippen MR) is 117 cm³/mol. The van der Waals surface area contributed by atoms with Crippen molar-refractivity contribution in [1.82, 2.24) is 29.2 Å². The van der Waals surface area contributed by atoms with Crippen molar-refractivity contribution in [2.24, 2.45) is 0 Å². The number of aromatic nitrogens is 5. The zero-order chi connectivity index (χ0) is 21.4. The Bertz CT molecular complexity index is 1250. The van der Waals surface area contributed by atoms with Crippen molar-refractivity contribution in [2.45, 2.75) is 52.2 Å². The molecule has 1 fully saturated rings. The summed E-state index contributed by atoms with van der Waals surface area (Å²) in [5.74, 6) is 1.10. The molecule has 0 N–H and O–H groups in total. The van der Waals surface area contributed by atoms with E-state index < -0.39 is 0 Å². The molecule has 1 atom stereocenters. The van der Waals surface area contributed by atoms with Gasteiger partial charge in [0.15, 0.2) is 5.82 Å². The molecule has 0 amide bonds. The molecule has 0 bridgehead atoms. The summed E-state index contributed by atoms with van der Waals surface area (Å²) >= 11 is 0. The van der Waals surface area contributed by atoms with Crippen molar-refractivity contribution in [3.8, 4) is 11.3 Å². The normalized spacial score (nSPS) is 17.4. The van der Waals surface area contributed by atoms with Gasteiger partial charge in [0.25, 0.3) is 5.56 Å². The van der Waals surface area contributed by atoms with Gasteiger partial charge in [-0.05, 0) is 39.3 Å². The van der Waals surface area contributed by atoms with Crippen molar-refractivity contribution < 1.29 is 4.52 Å². The van der Waals surface area contributed by atoms with E-state index in [0.717, 1.165) is 17.8 Å². The number of fused-ring (bicyclic) bond motifs is 1. The maximum absolute atomic E-state index is 13.0. The Morgan fingerprint density at radius 2 is 1.97 bits per heavy atom. The number of hydrogen-bond acceptors (Lipinski definition) is 6. The number of nitrogens with zero attached hydrogens (tertiary/aromatic N) is 6. The monoisotopic (exact) mass is 418 g/mol. The molecule has 0 radical (unpaired) electrons. The van der Waals surface area contributed by atoms with E-state index in [1.807, 2.05) is 37.3 Å². The van der Waals surface area contributed by atoms with E-state index in [1.165, 1.54) is 24.8 Å². The van der Waals surface area contributed by atoms with Gasteiger partial charge < -0.3 is 9.09 Å². The molecule has 0 saturated carbocycles. The average Bonchev–Trinajstić information content (AvgIpc) is 3.40. The van der Waals surface area contributed by atoms with Crippen LogP contribution < -0.4 is 5.56 Å². The van der Waals surface area contributed by atoms with E-state index in [1.54, 1.807) is 21.5 Å². The summed E-state index contributed by atoms with van der Waals surface area (Å²) < 4.78 is 8.66. The Balaban J connectivity index is 1.36. The smallest absolute Gasteiger partial charge is 0.277 e. The topological polar surface area (TPSA) is 81.5 Å². The Morgan fingerprint density at radius 3 is 2.77 bits per heavy atom. The zero-order valence-corrected chi connectivity index (χ0v) is 17.9. The van der Waals surface area contributed by atoms with Crippen LogP contribution in [0.5, 0.6) is 0 Å². The second-order valence-electron chi connectivity index (χ2n) is 8.38. The Kier molecular flexibility index (Phi) is 5.15. The Labute approximate surface area is 180 Å². The Morgan fingerprint density at radius 1 is 1.13 bits per heavy atom. The van der Waals surface area contributed by atoms with E-state index in [4.69, 9.17) is 4.52 Å². The van der Waals surface area contributed by atoms with Gasteiger partial charge in [0.05, 0.1) is 18.8 Å². The first-order valence-electron chi connectivity index (χ1n) is 10.8. The molecule has 4 aromatic rings. The third-order valence-corrected chi connectivity index (χ3v) is 6.05. The standard InChI is InChI=1S/C23H26N6O2/c1-16-6-8-18(9-7-16)19-13-20-23(30)28(11-12-29(20)25-19)14-21-24-22(31-26-21)15-27-10-4-3-5-17(27)2/h6-9,11-13,17H,3-5,10,14-15H2,1-2H3/t17-/m1/s1. The van der Waals surface area contributed by atoms with Gasteiger partial charge in [-0.3, -0.25) is 9.69 Å². The van der Waals surface area contributed by atoms with Gasteiger partial charge in [0, 0.05) is 24.0 Å². The van der Waals surface area contributed by atoms with Crippen LogP contribution in [0.1, 0.15) is 43.5 Å². The lowest BCUT2D eigenvalue weighted by atomic mass is 10.0. The SMILES string of the molecule is Cc1ccc(-c2cc3c(=O)n(Cc4noc(CN5CCCC[C@H]5C)n4)ccn3n2)cc1. The number of benzene rings is 1. The van der Waals surface area contributed by atoms with Gasteiger partial charge >= 0.3 is 0 Å². The third kappa shape index (κ3) is 4.03. The van der Waals surface area contributed by atoms with Gasteiger partial charge in [-0.15, -0.1) is 0 Å². The van der Waals surface area contributed by atoms with Gasteiger partial charge in [-0.2, -0.15) is 10.1 Å². The molecule has 3 aromatic heterocycles. The second kappa shape index (κ2) is 8.11. The molecule has 0 unspecified atom stereocenters. The zero-order valence-electron chi connectivity index (χ0n) is 17.9. The first kappa shape index (κ1) is 19.7. The number of hydrogen-bond donors (Lipinski definition) is 0. The molecule has 1 aromatic carbocycles. The van der Waals surface area contributed by atoms with Crippen LogP contribution in [0.25, 0.3) is 16.8 Å². The molecule has 8 heteroatoms. The number of rotatable bonds is 5. The summed E-state index contributed by atoms with van der Waals surface area (Å²) in [7, 11) is 0. The van der Waals surface area contributed by atoms with E-state index in [9.17, 15) is 4.79 Å². The summed E-state index contributed by atoms with van der Waals surface area (Å²) in [6.45, 7) is 6.26. The molecular weight excluding hydrogens is 392 g/mol. The number of likely N-dealkylation sites (tertiary alicyclic amines) is 1. The van der Waals surface area contributed by atoms with Crippen molar-refractivity contribution in [3.63, 3.8) is 0 Å². The van der Waals surface area contributed by atoms with Crippen molar-refractivity contribution >= 4 is 5.52 Å². The van der Waals surface area contributed by atoms with E-state index >= 15 is 0 Å². The summed E-state index contributed by atoms with van der Waals surface area (Å²) in [5.41, 5.74) is 3.32. The Hall–Kier alpha value is -3.26. The lowest BCUT2D eigenvalue weighted by Gasteiger charge is -2.31.